The van der Waals surface area contributed by atoms with E-state index in [1.807, 2.05) is 54.6 Å². The summed E-state index contributed by atoms with van der Waals surface area (Å²) in [5.74, 6) is -0.345. The van der Waals surface area contributed by atoms with E-state index in [0.717, 1.165) is 21.8 Å². The van der Waals surface area contributed by atoms with Gasteiger partial charge in [-0.15, -0.1) is 0 Å². The van der Waals surface area contributed by atoms with Crippen molar-refractivity contribution in [2.75, 3.05) is 18.4 Å². The number of carbonyl (C=O) groups excluding carboxylic acids is 2. The highest BCUT2D eigenvalue weighted by atomic mass is 16.2. The Bertz CT molecular complexity index is 1200. The van der Waals surface area contributed by atoms with E-state index in [9.17, 15) is 9.59 Å². The maximum absolute atomic E-state index is 12.8. The first-order valence-corrected chi connectivity index (χ1v) is 9.21. The SMILES string of the molecule is O=C(Nc1cccc2cccnc12)C1CN(C(=O)c2c[nH]c3ccccc23)C1. The molecule has 0 unspecified atom stereocenters. The largest absolute Gasteiger partial charge is 0.360 e. The van der Waals surface area contributed by atoms with E-state index in [1.54, 1.807) is 17.3 Å². The number of hydrogen-bond donors (Lipinski definition) is 2. The Morgan fingerprint density at radius 3 is 2.75 bits per heavy atom. The number of carbonyl (C=O) groups is 2. The highest BCUT2D eigenvalue weighted by Crippen LogP contribution is 2.26. The number of benzene rings is 2. The van der Waals surface area contributed by atoms with Gasteiger partial charge in [0.25, 0.3) is 5.91 Å². The lowest BCUT2D eigenvalue weighted by atomic mass is 9.97. The predicted octanol–water partition coefficient (Wildman–Crippen LogP) is 3.43. The number of amides is 2. The number of para-hydroxylation sites is 2. The molecule has 2 N–H and O–H groups in total. The van der Waals surface area contributed by atoms with Crippen LogP contribution in [0.3, 0.4) is 0 Å². The van der Waals surface area contributed by atoms with Gasteiger partial charge in [0.15, 0.2) is 0 Å². The molecule has 6 heteroatoms. The number of nitrogens with zero attached hydrogens (tertiary/aromatic N) is 2. The van der Waals surface area contributed by atoms with Crippen molar-refractivity contribution in [3.63, 3.8) is 0 Å². The second kappa shape index (κ2) is 6.49. The summed E-state index contributed by atoms with van der Waals surface area (Å²) < 4.78 is 0. The smallest absolute Gasteiger partial charge is 0.256 e. The number of rotatable bonds is 3. The van der Waals surface area contributed by atoms with Crippen LogP contribution in [0.2, 0.25) is 0 Å². The molecule has 0 spiro atoms. The van der Waals surface area contributed by atoms with E-state index in [0.29, 0.717) is 24.3 Å². The van der Waals surface area contributed by atoms with Crippen molar-refractivity contribution in [2.45, 2.75) is 0 Å². The van der Waals surface area contributed by atoms with Crippen LogP contribution < -0.4 is 5.32 Å². The van der Waals surface area contributed by atoms with Crippen LogP contribution in [0, 0.1) is 5.92 Å². The molecule has 138 valence electrons. The molecule has 0 bridgehead atoms. The fourth-order valence-electron chi connectivity index (χ4n) is 3.67. The number of nitrogens with one attached hydrogen (secondary N) is 2. The summed E-state index contributed by atoms with van der Waals surface area (Å²) in [5, 5.41) is 4.85. The molecular weight excluding hydrogens is 352 g/mol. The molecule has 2 aromatic heterocycles. The lowest BCUT2D eigenvalue weighted by molar-refractivity contribution is -0.123. The molecule has 0 aliphatic carbocycles. The van der Waals surface area contributed by atoms with Gasteiger partial charge in [0.05, 0.1) is 22.7 Å². The Morgan fingerprint density at radius 1 is 1.04 bits per heavy atom. The molecule has 28 heavy (non-hydrogen) atoms. The van der Waals surface area contributed by atoms with Gasteiger partial charge >= 0.3 is 0 Å². The standard InChI is InChI=1S/C22H18N4O2/c27-21(25-19-9-3-5-14-6-4-10-23-20(14)19)15-12-26(13-15)22(28)17-11-24-18-8-2-1-7-16(17)18/h1-11,15,24H,12-13H2,(H,25,27). The van der Waals surface area contributed by atoms with Crippen molar-refractivity contribution in [2.24, 2.45) is 5.92 Å². The number of anilines is 1. The molecule has 1 fully saturated rings. The topological polar surface area (TPSA) is 78.1 Å². The van der Waals surface area contributed by atoms with Crippen molar-refractivity contribution in [3.05, 3.63) is 72.6 Å². The average Bonchev–Trinajstić information content (AvgIpc) is 3.11. The zero-order valence-corrected chi connectivity index (χ0v) is 15.1. The number of aromatic amines is 1. The van der Waals surface area contributed by atoms with Crippen LogP contribution in [0.4, 0.5) is 5.69 Å². The predicted molar refractivity (Wildman–Crippen MR) is 108 cm³/mol. The summed E-state index contributed by atoms with van der Waals surface area (Å²) in [4.78, 5) is 34.6. The number of fused-ring (bicyclic) bond motifs is 2. The minimum absolute atomic E-state index is 0.0478. The van der Waals surface area contributed by atoms with E-state index >= 15 is 0 Å². The first kappa shape index (κ1) is 16.5. The third-order valence-corrected chi connectivity index (χ3v) is 5.25. The summed E-state index contributed by atoms with van der Waals surface area (Å²) in [6.45, 7) is 0.838. The van der Waals surface area contributed by atoms with E-state index in [2.05, 4.69) is 15.3 Å². The fraction of sp³-hybridized carbons (Fsp3) is 0.136. The third kappa shape index (κ3) is 2.70. The zero-order valence-electron chi connectivity index (χ0n) is 15.1. The van der Waals surface area contributed by atoms with Crippen molar-refractivity contribution < 1.29 is 9.59 Å². The van der Waals surface area contributed by atoms with Gasteiger partial charge in [-0.05, 0) is 18.2 Å². The first-order valence-electron chi connectivity index (χ1n) is 9.21. The van der Waals surface area contributed by atoms with Crippen LogP contribution in [0.25, 0.3) is 21.8 Å². The van der Waals surface area contributed by atoms with Gasteiger partial charge in [-0.1, -0.05) is 36.4 Å². The van der Waals surface area contributed by atoms with Gasteiger partial charge in [0.1, 0.15) is 0 Å². The van der Waals surface area contributed by atoms with E-state index in [1.165, 1.54) is 0 Å². The van der Waals surface area contributed by atoms with Crippen molar-refractivity contribution in [3.8, 4) is 0 Å². The quantitative estimate of drug-likeness (QED) is 0.580. The molecule has 3 heterocycles. The molecule has 2 amide bonds. The summed E-state index contributed by atoms with van der Waals surface area (Å²) in [7, 11) is 0. The van der Waals surface area contributed by atoms with Crippen LogP contribution in [0.1, 0.15) is 10.4 Å². The molecule has 0 radical (unpaired) electrons. The van der Waals surface area contributed by atoms with Crippen molar-refractivity contribution in [1.29, 1.82) is 0 Å². The molecule has 2 aromatic carbocycles. The van der Waals surface area contributed by atoms with Gasteiger partial charge in [-0.2, -0.15) is 0 Å². The lowest BCUT2D eigenvalue weighted by Crippen LogP contribution is -2.54. The van der Waals surface area contributed by atoms with Crippen molar-refractivity contribution >= 4 is 39.3 Å². The van der Waals surface area contributed by atoms with E-state index in [4.69, 9.17) is 0 Å². The van der Waals surface area contributed by atoms with Crippen molar-refractivity contribution in [1.82, 2.24) is 14.9 Å². The van der Waals surface area contributed by atoms with Gasteiger partial charge in [0, 0.05) is 41.8 Å². The average molecular weight is 370 g/mol. The van der Waals surface area contributed by atoms with E-state index < -0.39 is 0 Å². The monoisotopic (exact) mass is 370 g/mol. The summed E-state index contributed by atoms with van der Waals surface area (Å²) in [6.07, 6.45) is 3.45. The van der Waals surface area contributed by atoms with Gasteiger partial charge < -0.3 is 15.2 Å². The molecule has 6 nitrogen and oxygen atoms in total. The number of pyridine rings is 1. The highest BCUT2D eigenvalue weighted by molar-refractivity contribution is 6.08. The maximum atomic E-state index is 12.8. The number of likely N-dealkylation sites (tertiary alicyclic amines) is 1. The summed E-state index contributed by atoms with van der Waals surface area (Å²) in [6, 6.07) is 17.2. The lowest BCUT2D eigenvalue weighted by Gasteiger charge is -2.38. The number of aromatic nitrogens is 2. The molecule has 0 atom stereocenters. The number of hydrogen-bond acceptors (Lipinski definition) is 3. The summed E-state index contributed by atoms with van der Waals surface area (Å²) in [5.41, 5.74) is 3.05. The second-order valence-corrected chi connectivity index (χ2v) is 7.02. The number of H-pyrrole nitrogens is 1. The molecule has 5 rings (SSSR count). The normalized spacial score (nSPS) is 14.2. The zero-order chi connectivity index (χ0) is 19.1. The van der Waals surface area contributed by atoms with Gasteiger partial charge in [-0.25, -0.2) is 0 Å². The molecular formula is C22H18N4O2. The molecule has 0 saturated carbocycles. The van der Waals surface area contributed by atoms with E-state index in [-0.39, 0.29) is 17.7 Å². The van der Waals surface area contributed by atoms with Gasteiger partial charge in [-0.3, -0.25) is 14.6 Å². The van der Waals surface area contributed by atoms with Gasteiger partial charge in [0.2, 0.25) is 5.91 Å². The van der Waals surface area contributed by atoms with Crippen LogP contribution in [-0.4, -0.2) is 39.8 Å². The Morgan fingerprint density at radius 2 is 1.86 bits per heavy atom. The maximum Gasteiger partial charge on any atom is 0.256 e. The first-order chi connectivity index (χ1) is 13.7. The Labute approximate surface area is 161 Å². The third-order valence-electron chi connectivity index (χ3n) is 5.25. The molecule has 1 saturated heterocycles. The van der Waals surface area contributed by atoms with Crippen LogP contribution >= 0.6 is 0 Å². The fourth-order valence-corrected chi connectivity index (χ4v) is 3.67. The Balaban J connectivity index is 1.27. The molecule has 1 aliphatic rings. The highest BCUT2D eigenvalue weighted by Gasteiger charge is 2.36. The van der Waals surface area contributed by atoms with Crippen LogP contribution in [0.15, 0.2) is 67.0 Å². The summed E-state index contributed by atoms with van der Waals surface area (Å²) >= 11 is 0. The Kier molecular flexibility index (Phi) is 3.83. The second-order valence-electron chi connectivity index (χ2n) is 7.02. The minimum Gasteiger partial charge on any atom is -0.360 e. The molecule has 4 aromatic rings. The minimum atomic E-state index is -0.215. The Hall–Kier alpha value is -3.67. The van der Waals surface area contributed by atoms with Crippen LogP contribution in [0.5, 0.6) is 0 Å². The molecule has 1 aliphatic heterocycles. The van der Waals surface area contributed by atoms with Crippen LogP contribution in [-0.2, 0) is 4.79 Å².